The van der Waals surface area contributed by atoms with Gasteiger partial charge in [0.2, 0.25) is 5.95 Å². The Morgan fingerprint density at radius 2 is 1.87 bits per heavy atom. The van der Waals surface area contributed by atoms with Crippen LogP contribution in [0, 0.1) is 5.82 Å². The normalized spacial score (nSPS) is 21.3. The summed E-state index contributed by atoms with van der Waals surface area (Å²) in [6.45, 7) is 0.882. The lowest BCUT2D eigenvalue weighted by molar-refractivity contribution is -0.0835. The summed E-state index contributed by atoms with van der Waals surface area (Å²) in [6.07, 6.45) is -0.981. The molecule has 1 unspecified atom stereocenters. The molecular formula is C20H20F4N4O2S. The van der Waals surface area contributed by atoms with E-state index in [9.17, 15) is 27.5 Å². The minimum atomic E-state index is -4.37. The van der Waals surface area contributed by atoms with Crippen molar-refractivity contribution in [3.63, 3.8) is 0 Å². The van der Waals surface area contributed by atoms with E-state index in [1.807, 2.05) is 0 Å². The van der Waals surface area contributed by atoms with Gasteiger partial charge in [0.15, 0.2) is 0 Å². The van der Waals surface area contributed by atoms with Crippen molar-refractivity contribution in [3.05, 3.63) is 63.4 Å². The molecule has 1 aromatic heterocycles. The number of hydrogen-bond donors (Lipinski definition) is 1. The average Bonchev–Trinajstić information content (AvgIpc) is 3.20. The lowest BCUT2D eigenvalue weighted by Crippen LogP contribution is -2.44. The summed E-state index contributed by atoms with van der Waals surface area (Å²) in [5.74, 6) is -0.157. The van der Waals surface area contributed by atoms with E-state index in [0.717, 1.165) is 6.08 Å². The molecule has 0 bridgehead atoms. The number of benzene rings is 1. The fourth-order valence-electron chi connectivity index (χ4n) is 3.78. The molecule has 2 aliphatic heterocycles. The first kappa shape index (κ1) is 21.8. The lowest BCUT2D eigenvalue weighted by Gasteiger charge is -2.38. The molecule has 166 valence electrons. The summed E-state index contributed by atoms with van der Waals surface area (Å²) in [4.78, 5) is 21.7. The Morgan fingerprint density at radius 3 is 2.45 bits per heavy atom. The van der Waals surface area contributed by atoms with Gasteiger partial charge in [-0.3, -0.25) is 4.57 Å². The molecule has 11 heteroatoms. The highest BCUT2D eigenvalue weighted by Gasteiger charge is 2.39. The molecular weight excluding hydrogens is 436 g/mol. The van der Waals surface area contributed by atoms with Gasteiger partial charge in [0.1, 0.15) is 12.1 Å². The van der Waals surface area contributed by atoms with Gasteiger partial charge in [0, 0.05) is 24.9 Å². The predicted molar refractivity (Wildman–Crippen MR) is 108 cm³/mol. The van der Waals surface area contributed by atoms with E-state index >= 15 is 0 Å². The minimum Gasteiger partial charge on any atom is -0.385 e. The van der Waals surface area contributed by atoms with Crippen molar-refractivity contribution in [1.82, 2.24) is 14.5 Å². The van der Waals surface area contributed by atoms with Gasteiger partial charge in [-0.25, -0.2) is 14.2 Å². The highest BCUT2D eigenvalue weighted by Crippen LogP contribution is 2.43. The zero-order chi connectivity index (χ0) is 22.2. The number of piperidine rings is 1. The first-order valence-electron chi connectivity index (χ1n) is 9.75. The molecule has 6 nitrogen and oxygen atoms in total. The SMILES string of the molecule is O=c1nc(N2CCC(O)(c3ccc(F)cc3)CC2)ncn1CC1CC=C(C(F)(F)F)S1. The van der Waals surface area contributed by atoms with Crippen LogP contribution in [-0.2, 0) is 12.1 Å². The van der Waals surface area contributed by atoms with E-state index in [2.05, 4.69) is 9.97 Å². The van der Waals surface area contributed by atoms with Gasteiger partial charge in [0.25, 0.3) is 0 Å². The van der Waals surface area contributed by atoms with Crippen molar-refractivity contribution >= 4 is 17.7 Å². The second kappa shape index (κ2) is 8.27. The maximum absolute atomic E-state index is 13.1. The Kier molecular flexibility index (Phi) is 5.82. The summed E-state index contributed by atoms with van der Waals surface area (Å²) in [6, 6.07) is 5.72. The molecule has 0 saturated carbocycles. The molecule has 0 spiro atoms. The molecule has 2 aromatic rings. The number of halogens is 4. The smallest absolute Gasteiger partial charge is 0.385 e. The molecule has 0 aliphatic carbocycles. The zero-order valence-corrected chi connectivity index (χ0v) is 17.2. The maximum atomic E-state index is 13.1. The van der Waals surface area contributed by atoms with Gasteiger partial charge in [-0.1, -0.05) is 18.2 Å². The lowest BCUT2D eigenvalue weighted by atomic mass is 9.84. The van der Waals surface area contributed by atoms with Gasteiger partial charge in [-0.05, 0) is 37.0 Å². The number of anilines is 1. The van der Waals surface area contributed by atoms with Crippen LogP contribution in [0.5, 0.6) is 0 Å². The maximum Gasteiger partial charge on any atom is 0.421 e. The number of aliphatic hydroxyl groups is 1. The third-order valence-electron chi connectivity index (χ3n) is 5.55. The van der Waals surface area contributed by atoms with Crippen molar-refractivity contribution in [1.29, 1.82) is 0 Å². The van der Waals surface area contributed by atoms with Crippen LogP contribution in [0.15, 0.2) is 46.4 Å². The van der Waals surface area contributed by atoms with E-state index in [1.54, 1.807) is 17.0 Å². The summed E-state index contributed by atoms with van der Waals surface area (Å²) in [5.41, 5.74) is -1.04. The Hall–Kier alpha value is -2.40. The average molecular weight is 456 g/mol. The number of alkyl halides is 3. The quantitative estimate of drug-likeness (QED) is 0.713. The Morgan fingerprint density at radius 1 is 1.19 bits per heavy atom. The van der Waals surface area contributed by atoms with Crippen LogP contribution in [0.25, 0.3) is 0 Å². The van der Waals surface area contributed by atoms with Crippen molar-refractivity contribution in [2.45, 2.75) is 42.8 Å². The molecule has 31 heavy (non-hydrogen) atoms. The van der Waals surface area contributed by atoms with Crippen LogP contribution in [-0.4, -0.2) is 44.2 Å². The summed E-state index contributed by atoms with van der Waals surface area (Å²) in [7, 11) is 0. The second-order valence-electron chi connectivity index (χ2n) is 7.66. The van der Waals surface area contributed by atoms with Crippen LogP contribution in [0.1, 0.15) is 24.8 Å². The Balaban J connectivity index is 1.38. The predicted octanol–water partition coefficient (Wildman–Crippen LogP) is 3.22. The number of thioether (sulfide) groups is 1. The van der Waals surface area contributed by atoms with Crippen molar-refractivity contribution in [2.75, 3.05) is 18.0 Å². The van der Waals surface area contributed by atoms with Gasteiger partial charge >= 0.3 is 11.9 Å². The number of nitrogens with zero attached hydrogens (tertiary/aromatic N) is 4. The molecule has 3 heterocycles. The van der Waals surface area contributed by atoms with Crippen LogP contribution >= 0.6 is 11.8 Å². The highest BCUT2D eigenvalue weighted by molar-refractivity contribution is 8.04. The monoisotopic (exact) mass is 456 g/mol. The van der Waals surface area contributed by atoms with E-state index < -0.39 is 27.6 Å². The molecule has 0 amide bonds. The van der Waals surface area contributed by atoms with Crippen molar-refractivity contribution in [2.24, 2.45) is 0 Å². The van der Waals surface area contributed by atoms with E-state index in [4.69, 9.17) is 0 Å². The fraction of sp³-hybridized carbons (Fsp3) is 0.450. The van der Waals surface area contributed by atoms with Gasteiger partial charge in [0.05, 0.1) is 10.5 Å². The third-order valence-corrected chi connectivity index (χ3v) is 6.88. The zero-order valence-electron chi connectivity index (χ0n) is 16.3. The standard InChI is InChI=1S/C20H20F4N4O2S/c21-14-3-1-13(2-4-14)19(30)7-9-27(10-8-19)17-25-12-28(18(29)26-17)11-15-5-6-16(31-15)20(22,23)24/h1-4,6,12,15,30H,5,7-11H2. The first-order chi connectivity index (χ1) is 14.6. The largest absolute Gasteiger partial charge is 0.421 e. The number of aromatic nitrogens is 3. The summed E-state index contributed by atoms with van der Waals surface area (Å²) >= 11 is 0.711. The van der Waals surface area contributed by atoms with Gasteiger partial charge < -0.3 is 10.0 Å². The van der Waals surface area contributed by atoms with Gasteiger partial charge in [-0.2, -0.15) is 18.2 Å². The molecule has 1 saturated heterocycles. The number of allylic oxidation sites excluding steroid dienone is 2. The molecule has 4 rings (SSSR count). The second-order valence-corrected chi connectivity index (χ2v) is 9.00. The molecule has 0 radical (unpaired) electrons. The first-order valence-corrected chi connectivity index (χ1v) is 10.6. The van der Waals surface area contributed by atoms with Crippen LogP contribution < -0.4 is 10.6 Å². The summed E-state index contributed by atoms with van der Waals surface area (Å²) < 4.78 is 52.7. The Labute approximate surface area is 179 Å². The molecule has 1 aromatic carbocycles. The third kappa shape index (κ3) is 4.77. The van der Waals surface area contributed by atoms with Crippen molar-refractivity contribution < 1.29 is 22.7 Å². The molecule has 1 fully saturated rings. The van der Waals surface area contributed by atoms with E-state index in [1.165, 1.54) is 23.0 Å². The summed E-state index contributed by atoms with van der Waals surface area (Å²) in [5, 5.41) is 10.5. The topological polar surface area (TPSA) is 71.2 Å². The Bertz CT molecular complexity index is 1030. The van der Waals surface area contributed by atoms with Gasteiger partial charge in [-0.15, -0.1) is 11.8 Å². The van der Waals surface area contributed by atoms with E-state index in [-0.39, 0.29) is 24.7 Å². The fourth-order valence-corrected chi connectivity index (χ4v) is 4.89. The number of rotatable bonds is 4. The molecule has 1 N–H and O–H groups in total. The van der Waals surface area contributed by atoms with Crippen LogP contribution in [0.3, 0.4) is 0 Å². The molecule has 1 atom stereocenters. The molecule has 2 aliphatic rings. The van der Waals surface area contributed by atoms with Crippen LogP contribution in [0.2, 0.25) is 0 Å². The number of hydrogen-bond acceptors (Lipinski definition) is 6. The minimum absolute atomic E-state index is 0.0875. The van der Waals surface area contributed by atoms with Crippen LogP contribution in [0.4, 0.5) is 23.5 Å². The van der Waals surface area contributed by atoms with E-state index in [0.29, 0.717) is 43.3 Å². The van der Waals surface area contributed by atoms with Crippen molar-refractivity contribution in [3.8, 4) is 0 Å². The highest BCUT2D eigenvalue weighted by atomic mass is 32.2.